The van der Waals surface area contributed by atoms with Gasteiger partial charge in [-0.25, -0.2) is 0 Å². The molecule has 0 aliphatic rings. The highest BCUT2D eigenvalue weighted by Gasteiger charge is 2.29. The van der Waals surface area contributed by atoms with Crippen molar-refractivity contribution in [1.29, 1.82) is 0 Å². The SMILES string of the molecule is CC(CC(F)(F)F)NCC(O)COCc1ccc(Cl)cc1. The monoisotopic (exact) mass is 325 g/mol. The molecule has 0 saturated heterocycles. The van der Waals surface area contributed by atoms with Gasteiger partial charge >= 0.3 is 6.18 Å². The van der Waals surface area contributed by atoms with E-state index >= 15 is 0 Å². The summed E-state index contributed by atoms with van der Waals surface area (Å²) >= 11 is 5.74. The molecule has 0 aliphatic carbocycles. The van der Waals surface area contributed by atoms with Gasteiger partial charge in [0.2, 0.25) is 0 Å². The molecule has 0 bridgehead atoms. The summed E-state index contributed by atoms with van der Waals surface area (Å²) in [6, 6.07) is 6.33. The average molecular weight is 326 g/mol. The molecule has 1 aromatic rings. The van der Waals surface area contributed by atoms with E-state index in [9.17, 15) is 18.3 Å². The van der Waals surface area contributed by atoms with Crippen LogP contribution in [0.5, 0.6) is 0 Å². The summed E-state index contributed by atoms with van der Waals surface area (Å²) in [7, 11) is 0. The zero-order valence-corrected chi connectivity index (χ0v) is 12.4. The van der Waals surface area contributed by atoms with E-state index in [0.29, 0.717) is 11.6 Å². The Morgan fingerprint density at radius 2 is 1.90 bits per heavy atom. The molecule has 7 heteroatoms. The molecular weight excluding hydrogens is 307 g/mol. The van der Waals surface area contributed by atoms with Gasteiger partial charge in [0.05, 0.1) is 25.7 Å². The van der Waals surface area contributed by atoms with Gasteiger partial charge in [-0.1, -0.05) is 23.7 Å². The number of hydrogen-bond donors (Lipinski definition) is 2. The number of halogens is 4. The highest BCUT2D eigenvalue weighted by atomic mass is 35.5. The Morgan fingerprint density at radius 1 is 1.29 bits per heavy atom. The summed E-state index contributed by atoms with van der Waals surface area (Å²) < 4.78 is 41.6. The van der Waals surface area contributed by atoms with Crippen molar-refractivity contribution in [3.05, 3.63) is 34.9 Å². The lowest BCUT2D eigenvalue weighted by atomic mass is 10.2. The van der Waals surface area contributed by atoms with Crippen molar-refractivity contribution in [2.24, 2.45) is 0 Å². The molecule has 0 aromatic heterocycles. The second-order valence-corrected chi connectivity index (χ2v) is 5.36. The summed E-state index contributed by atoms with van der Waals surface area (Å²) in [5, 5.41) is 12.9. The third-order valence-corrected chi connectivity index (χ3v) is 2.98. The smallest absolute Gasteiger partial charge is 0.389 e. The molecule has 0 radical (unpaired) electrons. The molecule has 2 N–H and O–H groups in total. The third kappa shape index (κ3) is 8.93. The minimum Gasteiger partial charge on any atom is -0.389 e. The van der Waals surface area contributed by atoms with Crippen molar-refractivity contribution < 1.29 is 23.0 Å². The second kappa shape index (κ2) is 8.58. The molecule has 1 aromatic carbocycles. The summed E-state index contributed by atoms with van der Waals surface area (Å²) in [6.07, 6.45) is -5.98. The van der Waals surface area contributed by atoms with E-state index in [2.05, 4.69) is 5.32 Å². The van der Waals surface area contributed by atoms with Crippen molar-refractivity contribution in [3.63, 3.8) is 0 Å². The van der Waals surface area contributed by atoms with Gasteiger partial charge < -0.3 is 15.2 Å². The molecule has 2 unspecified atom stereocenters. The number of alkyl halides is 3. The first-order chi connectivity index (χ1) is 9.76. The number of benzene rings is 1. The van der Waals surface area contributed by atoms with Gasteiger partial charge in [-0.05, 0) is 24.6 Å². The Hall–Kier alpha value is -0.820. The van der Waals surface area contributed by atoms with Crippen LogP contribution in [0.25, 0.3) is 0 Å². The van der Waals surface area contributed by atoms with Crippen LogP contribution in [0.1, 0.15) is 18.9 Å². The minimum atomic E-state index is -4.21. The highest BCUT2D eigenvalue weighted by molar-refractivity contribution is 6.30. The quantitative estimate of drug-likeness (QED) is 0.771. The van der Waals surface area contributed by atoms with Crippen LogP contribution in [0.2, 0.25) is 5.02 Å². The van der Waals surface area contributed by atoms with Crippen LogP contribution in [-0.2, 0) is 11.3 Å². The molecule has 0 aliphatic heterocycles. The van der Waals surface area contributed by atoms with Crippen LogP contribution in [-0.4, -0.2) is 36.6 Å². The Morgan fingerprint density at radius 3 is 2.48 bits per heavy atom. The van der Waals surface area contributed by atoms with Gasteiger partial charge in [0.15, 0.2) is 0 Å². The zero-order valence-electron chi connectivity index (χ0n) is 11.7. The number of aliphatic hydroxyl groups excluding tert-OH is 1. The van der Waals surface area contributed by atoms with Gasteiger partial charge in [0.1, 0.15) is 0 Å². The fraction of sp³-hybridized carbons (Fsp3) is 0.571. The summed E-state index contributed by atoms with van der Waals surface area (Å²) in [5.41, 5.74) is 0.907. The highest BCUT2D eigenvalue weighted by Crippen LogP contribution is 2.21. The lowest BCUT2D eigenvalue weighted by Crippen LogP contribution is -2.38. The molecule has 2 atom stereocenters. The number of nitrogens with one attached hydrogen (secondary N) is 1. The van der Waals surface area contributed by atoms with Crippen LogP contribution in [0.15, 0.2) is 24.3 Å². The normalized spacial score (nSPS) is 15.0. The van der Waals surface area contributed by atoms with E-state index in [0.717, 1.165) is 5.56 Å². The molecule has 1 rings (SSSR count). The van der Waals surface area contributed by atoms with Gasteiger partial charge in [0.25, 0.3) is 0 Å². The van der Waals surface area contributed by atoms with Crippen LogP contribution in [0.3, 0.4) is 0 Å². The second-order valence-electron chi connectivity index (χ2n) is 4.92. The van der Waals surface area contributed by atoms with E-state index in [1.165, 1.54) is 6.92 Å². The molecule has 0 heterocycles. The fourth-order valence-electron chi connectivity index (χ4n) is 1.71. The summed E-state index contributed by atoms with van der Waals surface area (Å²) in [5.74, 6) is 0. The Kier molecular flexibility index (Phi) is 7.45. The van der Waals surface area contributed by atoms with Crippen LogP contribution >= 0.6 is 11.6 Å². The minimum absolute atomic E-state index is 0.0500. The predicted molar refractivity (Wildman–Crippen MR) is 75.3 cm³/mol. The summed E-state index contributed by atoms with van der Waals surface area (Å²) in [6.45, 7) is 1.84. The number of ether oxygens (including phenoxy) is 1. The van der Waals surface area contributed by atoms with E-state index in [1.807, 2.05) is 0 Å². The molecule has 0 saturated carbocycles. The predicted octanol–water partition coefficient (Wildman–Crippen LogP) is 3.15. The molecule has 0 amide bonds. The lowest BCUT2D eigenvalue weighted by Gasteiger charge is -2.18. The third-order valence-electron chi connectivity index (χ3n) is 2.73. The maximum absolute atomic E-state index is 12.1. The first-order valence-electron chi connectivity index (χ1n) is 6.56. The first-order valence-corrected chi connectivity index (χ1v) is 6.94. The molecule has 0 spiro atoms. The van der Waals surface area contributed by atoms with E-state index in [1.54, 1.807) is 24.3 Å². The molecule has 3 nitrogen and oxygen atoms in total. The van der Waals surface area contributed by atoms with Gasteiger partial charge in [0, 0.05) is 17.6 Å². The standard InChI is InChI=1S/C14H19ClF3NO2/c1-10(6-14(16,17)18)19-7-13(20)9-21-8-11-2-4-12(15)5-3-11/h2-5,10,13,19-20H,6-9H2,1H3. The summed E-state index contributed by atoms with van der Waals surface area (Å²) in [4.78, 5) is 0. The average Bonchev–Trinajstić information content (AvgIpc) is 2.37. The number of hydrogen-bond acceptors (Lipinski definition) is 3. The van der Waals surface area contributed by atoms with E-state index in [-0.39, 0.29) is 13.2 Å². The van der Waals surface area contributed by atoms with Crippen LogP contribution in [0.4, 0.5) is 13.2 Å². The van der Waals surface area contributed by atoms with E-state index < -0.39 is 24.7 Å². The van der Waals surface area contributed by atoms with Crippen LogP contribution < -0.4 is 5.32 Å². The Labute approximate surface area is 127 Å². The van der Waals surface area contributed by atoms with Crippen molar-refractivity contribution in [2.75, 3.05) is 13.2 Å². The molecule has 21 heavy (non-hydrogen) atoms. The maximum Gasteiger partial charge on any atom is 0.390 e. The molecule has 120 valence electrons. The first kappa shape index (κ1) is 18.2. The van der Waals surface area contributed by atoms with Gasteiger partial charge in [-0.15, -0.1) is 0 Å². The van der Waals surface area contributed by atoms with Gasteiger partial charge in [-0.2, -0.15) is 13.2 Å². The van der Waals surface area contributed by atoms with Crippen molar-refractivity contribution in [1.82, 2.24) is 5.32 Å². The Balaban J connectivity index is 2.16. The van der Waals surface area contributed by atoms with Crippen molar-refractivity contribution in [2.45, 2.75) is 38.3 Å². The Bertz CT molecular complexity index is 412. The van der Waals surface area contributed by atoms with E-state index in [4.69, 9.17) is 16.3 Å². The number of rotatable bonds is 8. The number of aliphatic hydroxyl groups is 1. The van der Waals surface area contributed by atoms with Gasteiger partial charge in [-0.3, -0.25) is 0 Å². The lowest BCUT2D eigenvalue weighted by molar-refractivity contribution is -0.139. The van der Waals surface area contributed by atoms with Crippen molar-refractivity contribution >= 4 is 11.6 Å². The topological polar surface area (TPSA) is 41.5 Å². The van der Waals surface area contributed by atoms with Crippen LogP contribution in [0, 0.1) is 0 Å². The maximum atomic E-state index is 12.1. The molecule has 0 fully saturated rings. The van der Waals surface area contributed by atoms with Crippen molar-refractivity contribution in [3.8, 4) is 0 Å². The molecular formula is C14H19ClF3NO2. The fourth-order valence-corrected chi connectivity index (χ4v) is 1.83. The largest absolute Gasteiger partial charge is 0.390 e. The zero-order chi connectivity index (χ0) is 15.9.